The fourth-order valence-corrected chi connectivity index (χ4v) is 4.47. The molecule has 1 heterocycles. The number of benzene rings is 3. The van der Waals surface area contributed by atoms with Crippen molar-refractivity contribution in [2.24, 2.45) is 0 Å². The van der Waals surface area contributed by atoms with Crippen LogP contribution in [-0.4, -0.2) is 42.6 Å². The number of halogens is 2. The Hall–Kier alpha value is -4.10. The van der Waals surface area contributed by atoms with Crippen molar-refractivity contribution >= 4 is 75.4 Å². The molecule has 0 aromatic heterocycles. The zero-order chi connectivity index (χ0) is 27.4. The van der Waals surface area contributed by atoms with Crippen molar-refractivity contribution in [1.29, 1.82) is 0 Å². The summed E-state index contributed by atoms with van der Waals surface area (Å²) >= 11 is 8.04. The highest BCUT2D eigenvalue weighted by atomic mass is 127. The first-order valence-electron chi connectivity index (χ1n) is 10.9. The summed E-state index contributed by atoms with van der Waals surface area (Å²) in [6.45, 7) is -0.331. The minimum Gasteiger partial charge on any atom is -0.508 e. The summed E-state index contributed by atoms with van der Waals surface area (Å²) < 4.78 is 11.6. The molecule has 3 aromatic rings. The van der Waals surface area contributed by atoms with Crippen LogP contribution in [-0.2, 0) is 14.4 Å². The second-order valence-corrected chi connectivity index (χ2v) is 9.39. The Morgan fingerprint density at radius 1 is 1.13 bits per heavy atom. The van der Waals surface area contributed by atoms with Gasteiger partial charge in [0, 0.05) is 0 Å². The highest BCUT2D eigenvalue weighted by Gasteiger charge is 2.36. The lowest BCUT2D eigenvalue weighted by Gasteiger charge is -2.26. The maximum Gasteiger partial charge on any atom is 0.335 e. The van der Waals surface area contributed by atoms with Gasteiger partial charge >= 0.3 is 6.03 Å². The second kappa shape index (κ2) is 11.5. The number of hydrogen-bond donors (Lipinski definition) is 3. The minimum absolute atomic E-state index is 0.0456. The summed E-state index contributed by atoms with van der Waals surface area (Å²) in [5.41, 5.74) is 0.747. The van der Waals surface area contributed by atoms with Gasteiger partial charge in [0.2, 0.25) is 0 Å². The number of amides is 5. The van der Waals surface area contributed by atoms with E-state index in [1.165, 1.54) is 43.5 Å². The van der Waals surface area contributed by atoms with Crippen LogP contribution in [0.2, 0.25) is 5.02 Å². The van der Waals surface area contributed by atoms with Gasteiger partial charge in [-0.05, 0) is 82.8 Å². The molecule has 12 heteroatoms. The number of barbiturate groups is 1. The largest absolute Gasteiger partial charge is 0.508 e. The summed E-state index contributed by atoms with van der Waals surface area (Å²) in [6.07, 6.45) is 1.32. The first-order chi connectivity index (χ1) is 18.2. The number of urea groups is 1. The van der Waals surface area contributed by atoms with E-state index in [0.29, 0.717) is 19.8 Å². The monoisotopic (exact) mass is 647 g/mol. The Morgan fingerprint density at radius 3 is 2.53 bits per heavy atom. The number of phenols is 1. The lowest BCUT2D eigenvalue weighted by Crippen LogP contribution is -2.54. The smallest absolute Gasteiger partial charge is 0.335 e. The predicted molar refractivity (Wildman–Crippen MR) is 148 cm³/mol. The number of ether oxygens (including phenoxy) is 2. The molecule has 0 saturated carbocycles. The molecular formula is C26H19ClIN3O7. The number of hydrogen-bond acceptors (Lipinski definition) is 7. The van der Waals surface area contributed by atoms with E-state index < -0.39 is 23.8 Å². The number of anilines is 2. The van der Waals surface area contributed by atoms with E-state index in [1.807, 2.05) is 22.6 Å². The van der Waals surface area contributed by atoms with Gasteiger partial charge in [-0.1, -0.05) is 23.7 Å². The highest BCUT2D eigenvalue weighted by Crippen LogP contribution is 2.35. The molecule has 0 spiro atoms. The van der Waals surface area contributed by atoms with E-state index in [9.17, 15) is 24.3 Å². The number of imide groups is 2. The molecule has 3 N–H and O–H groups in total. The molecular weight excluding hydrogens is 629 g/mol. The molecule has 1 aliphatic rings. The lowest BCUT2D eigenvalue weighted by molar-refractivity contribution is -0.122. The van der Waals surface area contributed by atoms with E-state index >= 15 is 0 Å². The van der Waals surface area contributed by atoms with Crippen LogP contribution in [0.4, 0.5) is 16.2 Å². The maximum atomic E-state index is 13.1. The van der Waals surface area contributed by atoms with Gasteiger partial charge in [0.25, 0.3) is 17.7 Å². The number of aromatic hydroxyl groups is 1. The third-order valence-corrected chi connectivity index (χ3v) is 6.40. The highest BCUT2D eigenvalue weighted by molar-refractivity contribution is 14.1. The molecule has 194 valence electrons. The van der Waals surface area contributed by atoms with Gasteiger partial charge in [-0.2, -0.15) is 0 Å². The molecule has 38 heavy (non-hydrogen) atoms. The van der Waals surface area contributed by atoms with Crippen LogP contribution in [0.25, 0.3) is 6.08 Å². The number of phenolic OH excluding ortho intramolecular Hbond substituents is 1. The van der Waals surface area contributed by atoms with Gasteiger partial charge in [-0.3, -0.25) is 19.7 Å². The van der Waals surface area contributed by atoms with Gasteiger partial charge in [0.15, 0.2) is 18.1 Å². The molecule has 1 aliphatic heterocycles. The van der Waals surface area contributed by atoms with Crippen molar-refractivity contribution in [3.63, 3.8) is 0 Å². The third kappa shape index (κ3) is 5.89. The van der Waals surface area contributed by atoms with Crippen molar-refractivity contribution in [3.8, 4) is 17.2 Å². The fraction of sp³-hybridized carbons (Fsp3) is 0.0769. The van der Waals surface area contributed by atoms with Crippen LogP contribution in [0, 0.1) is 3.57 Å². The molecule has 4 rings (SSSR count). The Kier molecular flexibility index (Phi) is 8.17. The molecule has 0 atom stereocenters. The molecule has 0 radical (unpaired) electrons. The number of carbonyl (C=O) groups is 4. The van der Waals surface area contributed by atoms with Gasteiger partial charge in [0.1, 0.15) is 11.3 Å². The van der Waals surface area contributed by atoms with E-state index in [4.69, 9.17) is 21.1 Å². The number of nitrogens with zero attached hydrogens (tertiary/aromatic N) is 1. The first kappa shape index (κ1) is 26.9. The summed E-state index contributed by atoms with van der Waals surface area (Å²) in [5, 5.41) is 14.7. The Labute approximate surface area is 235 Å². The predicted octanol–water partition coefficient (Wildman–Crippen LogP) is 4.34. The summed E-state index contributed by atoms with van der Waals surface area (Å²) in [4.78, 5) is 51.1. The number of carbonyl (C=O) groups excluding carboxylic acids is 4. The zero-order valence-electron chi connectivity index (χ0n) is 19.7. The minimum atomic E-state index is -0.909. The molecule has 5 amide bonds. The van der Waals surface area contributed by atoms with Crippen LogP contribution in [0.5, 0.6) is 17.2 Å². The Bertz CT molecular complexity index is 1470. The quantitative estimate of drug-likeness (QED) is 0.197. The molecule has 0 unspecified atom stereocenters. The summed E-state index contributed by atoms with van der Waals surface area (Å²) in [7, 11) is 1.41. The van der Waals surface area contributed by atoms with Gasteiger partial charge in [-0.15, -0.1) is 0 Å². The van der Waals surface area contributed by atoms with Gasteiger partial charge in [-0.25, -0.2) is 9.69 Å². The van der Waals surface area contributed by atoms with Crippen LogP contribution in [0.1, 0.15) is 5.56 Å². The van der Waals surface area contributed by atoms with Crippen LogP contribution in [0.15, 0.2) is 66.2 Å². The van der Waals surface area contributed by atoms with E-state index in [-0.39, 0.29) is 35.1 Å². The topological polar surface area (TPSA) is 134 Å². The number of methoxy groups -OCH3 is 1. The molecule has 0 aliphatic carbocycles. The number of nitrogens with one attached hydrogen (secondary N) is 2. The molecule has 0 bridgehead atoms. The molecule has 10 nitrogen and oxygen atoms in total. The van der Waals surface area contributed by atoms with Crippen molar-refractivity contribution in [2.75, 3.05) is 23.9 Å². The standard InChI is InChI=1S/C26H19ClIN3O7/c1-37-21-12-14(11-19(28)23(21)38-13-22(33)29-20-5-3-2-4-18(20)27)10-17-24(34)30-26(36)31(25(17)35)15-6-8-16(32)9-7-15/h2-12,32H,13H2,1H3,(H,29,33)(H,30,34,36)/b17-10-. The lowest BCUT2D eigenvalue weighted by atomic mass is 10.1. The Balaban J connectivity index is 1.56. The number of para-hydroxylation sites is 1. The van der Waals surface area contributed by atoms with Crippen molar-refractivity contribution < 1.29 is 33.8 Å². The zero-order valence-corrected chi connectivity index (χ0v) is 22.6. The van der Waals surface area contributed by atoms with E-state index in [0.717, 1.165) is 4.90 Å². The fourth-order valence-electron chi connectivity index (χ4n) is 3.51. The number of rotatable bonds is 7. The van der Waals surface area contributed by atoms with E-state index in [2.05, 4.69) is 10.6 Å². The third-order valence-electron chi connectivity index (χ3n) is 5.27. The Morgan fingerprint density at radius 2 is 1.84 bits per heavy atom. The average molecular weight is 648 g/mol. The molecule has 1 saturated heterocycles. The van der Waals surface area contributed by atoms with Crippen LogP contribution in [0.3, 0.4) is 0 Å². The summed E-state index contributed by atoms with van der Waals surface area (Å²) in [6, 6.07) is 14.4. The van der Waals surface area contributed by atoms with Crippen molar-refractivity contribution in [3.05, 3.63) is 80.4 Å². The SMILES string of the molecule is COc1cc(/C=C2/C(=O)NC(=O)N(c3ccc(O)cc3)C2=O)cc(I)c1OCC(=O)Nc1ccccc1Cl. The normalized spacial score (nSPS) is 14.3. The maximum absolute atomic E-state index is 13.1. The van der Waals surface area contributed by atoms with Crippen LogP contribution < -0.4 is 25.0 Å². The molecule has 1 fully saturated rings. The second-order valence-electron chi connectivity index (χ2n) is 7.83. The van der Waals surface area contributed by atoms with E-state index in [1.54, 1.807) is 30.3 Å². The average Bonchev–Trinajstić information content (AvgIpc) is 2.88. The first-order valence-corrected chi connectivity index (χ1v) is 12.4. The van der Waals surface area contributed by atoms with Crippen molar-refractivity contribution in [1.82, 2.24) is 5.32 Å². The van der Waals surface area contributed by atoms with Gasteiger partial charge in [0.05, 0.1) is 27.1 Å². The van der Waals surface area contributed by atoms with Gasteiger partial charge < -0.3 is 19.9 Å². The van der Waals surface area contributed by atoms with Crippen LogP contribution >= 0.6 is 34.2 Å². The molecule has 3 aromatic carbocycles. The summed E-state index contributed by atoms with van der Waals surface area (Å²) in [5.74, 6) is -1.65. The van der Waals surface area contributed by atoms with Crippen molar-refractivity contribution in [2.45, 2.75) is 0 Å².